The number of hydrogen-bond donors (Lipinski definition) is 0. The Labute approximate surface area is 56.3 Å². The first kappa shape index (κ1) is 7.51. The van der Waals surface area contributed by atoms with Crippen LogP contribution >= 0.6 is 15.9 Å². The summed E-state index contributed by atoms with van der Waals surface area (Å²) in [6, 6.07) is 0. The van der Waals surface area contributed by atoms with Crippen molar-refractivity contribution in [2.24, 2.45) is 0 Å². The zero-order chi connectivity index (χ0) is 6.24. The van der Waals surface area contributed by atoms with Crippen molar-refractivity contribution < 1.29 is 9.53 Å². The molecular weight excluding hydrogens is 172 g/mol. The van der Waals surface area contributed by atoms with E-state index in [0.29, 0.717) is 19.5 Å². The maximum atomic E-state index is 9.49. The number of hydrogen-bond acceptors (Lipinski definition) is 2. The molecule has 0 amide bonds. The minimum absolute atomic E-state index is 0.377. The summed E-state index contributed by atoms with van der Waals surface area (Å²) < 4.78 is 4.33. The summed E-state index contributed by atoms with van der Waals surface area (Å²) in [7, 11) is 0. The van der Waals surface area contributed by atoms with Gasteiger partial charge in [0.2, 0.25) is 0 Å². The normalized spacial score (nSPS) is 6.62. The van der Waals surface area contributed by atoms with Gasteiger partial charge in [0.15, 0.2) is 0 Å². The molecule has 0 unspecified atom stereocenters. The van der Waals surface area contributed by atoms with Crippen molar-refractivity contribution in [1.29, 1.82) is 0 Å². The zero-order valence-electron chi connectivity index (χ0n) is 4.19. The van der Waals surface area contributed by atoms with Crippen molar-refractivity contribution in [1.82, 2.24) is 0 Å². The summed E-state index contributed by atoms with van der Waals surface area (Å²) in [5.74, 6) is 2.67. The fraction of sp³-hybridized carbons (Fsp3) is 0.400. The van der Waals surface area contributed by atoms with Crippen molar-refractivity contribution in [3.8, 4) is 10.8 Å². The van der Waals surface area contributed by atoms with E-state index in [1.54, 1.807) is 0 Å². The molecule has 0 N–H and O–H groups in total. The summed E-state index contributed by atoms with van der Waals surface area (Å²) in [5.41, 5.74) is 0. The molecule has 0 rings (SSSR count). The van der Waals surface area contributed by atoms with E-state index in [4.69, 9.17) is 0 Å². The van der Waals surface area contributed by atoms with E-state index in [1.165, 1.54) is 0 Å². The van der Waals surface area contributed by atoms with Gasteiger partial charge in [-0.3, -0.25) is 4.79 Å². The Kier molecular flexibility index (Phi) is 6.11. The smallest absolute Gasteiger partial charge is 0.293 e. The number of halogens is 1. The number of ether oxygens (including phenoxy) is 1. The molecule has 0 atom stereocenters. The van der Waals surface area contributed by atoms with Gasteiger partial charge in [0.1, 0.15) is 6.61 Å². The second-order valence-electron chi connectivity index (χ2n) is 0.988. The number of rotatable bonds is 3. The van der Waals surface area contributed by atoms with E-state index in [9.17, 15) is 4.79 Å². The van der Waals surface area contributed by atoms with E-state index in [1.807, 2.05) is 0 Å². The van der Waals surface area contributed by atoms with Gasteiger partial charge in [-0.1, -0.05) is 5.92 Å². The predicted molar refractivity (Wildman–Crippen MR) is 33.3 cm³/mol. The summed E-state index contributed by atoms with van der Waals surface area (Å²) in [4.78, 5) is 12.0. The molecule has 0 fully saturated rings. The molecule has 2 nitrogen and oxygen atoms in total. The van der Waals surface area contributed by atoms with Crippen molar-refractivity contribution in [2.75, 3.05) is 6.61 Å². The highest BCUT2D eigenvalue weighted by Crippen LogP contribution is 1.77. The lowest BCUT2D eigenvalue weighted by Gasteiger charge is -1.86. The molecule has 0 aliphatic carbocycles. The molecule has 44 valence electrons. The standard InChI is InChI=1S/C5H5BrO2/c6-3-1-2-4-8-5-7/h5H,2,4H2. The van der Waals surface area contributed by atoms with Crippen LogP contribution in [0, 0.1) is 10.8 Å². The molecule has 0 aromatic heterocycles. The first-order chi connectivity index (χ1) is 3.91. The Morgan fingerprint density at radius 3 is 3.00 bits per heavy atom. The van der Waals surface area contributed by atoms with Crippen LogP contribution in [0.5, 0.6) is 0 Å². The fourth-order valence-electron chi connectivity index (χ4n) is 0.205. The van der Waals surface area contributed by atoms with Crippen LogP contribution in [0.25, 0.3) is 0 Å². The zero-order valence-corrected chi connectivity index (χ0v) is 5.77. The molecule has 3 heteroatoms. The highest BCUT2D eigenvalue weighted by Gasteiger charge is 1.76. The van der Waals surface area contributed by atoms with E-state index in [0.717, 1.165) is 0 Å². The van der Waals surface area contributed by atoms with Crippen molar-refractivity contribution in [3.63, 3.8) is 0 Å². The Bertz CT molecular complexity index is 111. The van der Waals surface area contributed by atoms with Crippen LogP contribution in [0.15, 0.2) is 0 Å². The summed E-state index contributed by atoms with van der Waals surface area (Å²) in [6.07, 6.45) is 0.587. The Hall–Kier alpha value is -0.490. The first-order valence-electron chi connectivity index (χ1n) is 2.05. The molecule has 0 aromatic rings. The van der Waals surface area contributed by atoms with Crippen LogP contribution in [0.3, 0.4) is 0 Å². The minimum Gasteiger partial charge on any atom is -0.467 e. The monoisotopic (exact) mass is 176 g/mol. The largest absolute Gasteiger partial charge is 0.467 e. The van der Waals surface area contributed by atoms with Gasteiger partial charge in [-0.05, 0) is 4.83 Å². The van der Waals surface area contributed by atoms with Crippen molar-refractivity contribution in [3.05, 3.63) is 0 Å². The summed E-state index contributed by atoms with van der Waals surface area (Å²) in [5, 5.41) is 0. The van der Waals surface area contributed by atoms with Crippen LogP contribution in [0.2, 0.25) is 0 Å². The molecule has 0 heterocycles. The van der Waals surface area contributed by atoms with Crippen molar-refractivity contribution >= 4 is 22.4 Å². The lowest BCUT2D eigenvalue weighted by molar-refractivity contribution is -0.128. The third-order valence-electron chi connectivity index (χ3n) is 0.480. The molecule has 8 heavy (non-hydrogen) atoms. The Morgan fingerprint density at radius 2 is 2.50 bits per heavy atom. The average Bonchev–Trinajstić information content (AvgIpc) is 1.81. The highest BCUT2D eigenvalue weighted by atomic mass is 79.9. The van der Waals surface area contributed by atoms with Gasteiger partial charge in [-0.25, -0.2) is 0 Å². The molecule has 0 saturated heterocycles. The second-order valence-corrected chi connectivity index (χ2v) is 1.38. The molecule has 0 aliphatic rings. The van der Waals surface area contributed by atoms with E-state index in [2.05, 4.69) is 31.4 Å². The maximum Gasteiger partial charge on any atom is 0.293 e. The van der Waals surface area contributed by atoms with Crippen LogP contribution in [-0.4, -0.2) is 13.1 Å². The summed E-state index contributed by atoms with van der Waals surface area (Å²) in [6.45, 7) is 0.790. The van der Waals surface area contributed by atoms with Gasteiger partial charge in [0.05, 0.1) is 0 Å². The first-order valence-corrected chi connectivity index (χ1v) is 2.85. The van der Waals surface area contributed by atoms with Gasteiger partial charge in [0, 0.05) is 22.4 Å². The van der Waals surface area contributed by atoms with Crippen molar-refractivity contribution in [2.45, 2.75) is 6.42 Å². The molecular formula is C5H5BrO2. The van der Waals surface area contributed by atoms with E-state index >= 15 is 0 Å². The van der Waals surface area contributed by atoms with Crippen LogP contribution in [-0.2, 0) is 9.53 Å². The topological polar surface area (TPSA) is 26.3 Å². The fourth-order valence-corrected chi connectivity index (χ4v) is 0.404. The number of carbonyl (C=O) groups is 1. The van der Waals surface area contributed by atoms with Gasteiger partial charge in [-0.2, -0.15) is 0 Å². The van der Waals surface area contributed by atoms with Crippen LogP contribution in [0.1, 0.15) is 6.42 Å². The molecule has 0 aliphatic heterocycles. The predicted octanol–water partition coefficient (Wildman–Crippen LogP) is 0.905. The van der Waals surface area contributed by atoms with E-state index in [-0.39, 0.29) is 0 Å². The van der Waals surface area contributed by atoms with Gasteiger partial charge >= 0.3 is 0 Å². The number of carbonyl (C=O) groups excluding carboxylic acids is 1. The van der Waals surface area contributed by atoms with E-state index < -0.39 is 0 Å². The Balaban J connectivity index is 2.89. The summed E-state index contributed by atoms with van der Waals surface area (Å²) >= 11 is 2.90. The second kappa shape index (κ2) is 6.51. The highest BCUT2D eigenvalue weighted by molar-refractivity contribution is 9.12. The molecule has 0 radical (unpaired) electrons. The third-order valence-corrected chi connectivity index (χ3v) is 0.760. The maximum absolute atomic E-state index is 9.49. The van der Waals surface area contributed by atoms with Gasteiger partial charge in [0.25, 0.3) is 6.47 Å². The minimum atomic E-state index is 0.377. The third kappa shape index (κ3) is 5.51. The van der Waals surface area contributed by atoms with Gasteiger partial charge in [-0.15, -0.1) is 0 Å². The van der Waals surface area contributed by atoms with Crippen LogP contribution < -0.4 is 0 Å². The van der Waals surface area contributed by atoms with Crippen LogP contribution in [0.4, 0.5) is 0 Å². The SMILES string of the molecule is O=COCCC#CBr. The molecule has 0 bridgehead atoms. The molecule has 0 aromatic carbocycles. The quantitative estimate of drug-likeness (QED) is 0.363. The molecule has 0 saturated carbocycles. The lowest BCUT2D eigenvalue weighted by atomic mass is 10.5. The Morgan fingerprint density at radius 1 is 1.75 bits per heavy atom. The lowest BCUT2D eigenvalue weighted by Crippen LogP contribution is -1.87. The van der Waals surface area contributed by atoms with Gasteiger partial charge < -0.3 is 4.74 Å². The average molecular weight is 177 g/mol. The molecule has 0 spiro atoms.